The van der Waals surface area contributed by atoms with Crippen LogP contribution in [0.2, 0.25) is 5.02 Å². The lowest BCUT2D eigenvalue weighted by molar-refractivity contribution is -0.121. The minimum Gasteiger partial charge on any atom is -0.495 e. The van der Waals surface area contributed by atoms with Crippen molar-refractivity contribution in [2.24, 2.45) is 0 Å². The molecule has 1 saturated heterocycles. The highest BCUT2D eigenvalue weighted by Crippen LogP contribution is 2.53. The van der Waals surface area contributed by atoms with E-state index in [4.69, 9.17) is 21.1 Å². The average molecular weight is 644 g/mol. The maximum absolute atomic E-state index is 15.8. The van der Waals surface area contributed by atoms with E-state index in [1.54, 1.807) is 36.4 Å². The third-order valence-corrected chi connectivity index (χ3v) is 10.6. The largest absolute Gasteiger partial charge is 0.495 e. The number of likely N-dealkylation sites (N-methyl/N-ethyl adjacent to an activating group) is 1. The molecule has 1 amide bonds. The quantitative estimate of drug-likeness (QED) is 0.280. The Hall–Kier alpha value is -3.18. The zero-order chi connectivity index (χ0) is 31.8. The summed E-state index contributed by atoms with van der Waals surface area (Å²) < 4.78 is 56.3. The summed E-state index contributed by atoms with van der Waals surface area (Å²) in [5.74, 6) is -0.646. The van der Waals surface area contributed by atoms with E-state index in [2.05, 4.69) is 23.8 Å². The number of hydrogen-bond donors (Lipinski definition) is 0. The second-order valence-corrected chi connectivity index (χ2v) is 14.0. The number of halogens is 2. The number of piperazine rings is 1. The Morgan fingerprint density at radius 3 is 2.41 bits per heavy atom. The molecule has 2 atom stereocenters. The molecule has 0 radical (unpaired) electrons. The number of carbonyl (C=O) groups excluding carboxylic acids is 1. The number of amides is 1. The minimum atomic E-state index is -4.44. The van der Waals surface area contributed by atoms with Crippen molar-refractivity contribution in [1.29, 1.82) is 0 Å². The first kappa shape index (κ1) is 32.2. The van der Waals surface area contributed by atoms with Gasteiger partial charge in [-0.15, -0.1) is 0 Å². The molecule has 0 saturated carbocycles. The van der Waals surface area contributed by atoms with E-state index < -0.39 is 27.2 Å². The van der Waals surface area contributed by atoms with E-state index in [-0.39, 0.29) is 39.4 Å². The molecule has 5 rings (SSSR count). The first-order chi connectivity index (χ1) is 20.9. The van der Waals surface area contributed by atoms with Crippen molar-refractivity contribution >= 4 is 33.2 Å². The van der Waals surface area contributed by atoms with Crippen molar-refractivity contribution in [3.63, 3.8) is 0 Å². The summed E-state index contributed by atoms with van der Waals surface area (Å²) in [5.41, 5.74) is -1.11. The number of benzene rings is 3. The first-order valence-corrected chi connectivity index (χ1v) is 16.6. The molecule has 1 fully saturated rings. The van der Waals surface area contributed by atoms with E-state index in [1.165, 1.54) is 31.4 Å². The van der Waals surface area contributed by atoms with Crippen molar-refractivity contribution < 1.29 is 27.1 Å². The molecule has 0 aromatic heterocycles. The van der Waals surface area contributed by atoms with Gasteiger partial charge in [-0.3, -0.25) is 4.79 Å². The number of hydrogen-bond acceptors (Lipinski definition) is 7. The van der Waals surface area contributed by atoms with Crippen LogP contribution in [0.15, 0.2) is 65.6 Å². The smallest absolute Gasteiger partial charge is 0.270 e. The normalized spacial score (nSPS) is 21.1. The summed E-state index contributed by atoms with van der Waals surface area (Å²) >= 11 is 6.61. The number of rotatable bonds is 10. The van der Waals surface area contributed by atoms with E-state index >= 15 is 4.39 Å². The minimum absolute atomic E-state index is 0.0928. The van der Waals surface area contributed by atoms with Gasteiger partial charge in [0.05, 0.1) is 28.8 Å². The number of ether oxygens (including phenoxy) is 2. The Morgan fingerprint density at radius 1 is 1.07 bits per heavy atom. The lowest BCUT2D eigenvalue weighted by atomic mass is 9.71. The van der Waals surface area contributed by atoms with Gasteiger partial charge in [0.15, 0.2) is 0 Å². The van der Waals surface area contributed by atoms with Crippen LogP contribution in [0.3, 0.4) is 0 Å². The molecule has 0 spiro atoms. The third kappa shape index (κ3) is 5.80. The van der Waals surface area contributed by atoms with Gasteiger partial charge < -0.3 is 19.3 Å². The van der Waals surface area contributed by atoms with Gasteiger partial charge in [-0.05, 0) is 89.2 Å². The van der Waals surface area contributed by atoms with Crippen LogP contribution in [0, 0.1) is 5.82 Å². The molecule has 236 valence electrons. The molecule has 44 heavy (non-hydrogen) atoms. The number of fused-ring (bicyclic) bond motifs is 1. The predicted molar refractivity (Wildman–Crippen MR) is 170 cm³/mol. The molecule has 8 nitrogen and oxygen atoms in total. The highest BCUT2D eigenvalue weighted by Gasteiger charge is 2.57. The van der Waals surface area contributed by atoms with Gasteiger partial charge in [-0.2, -0.15) is 0 Å². The monoisotopic (exact) mass is 643 g/mol. The van der Waals surface area contributed by atoms with E-state index in [9.17, 15) is 13.2 Å². The highest BCUT2D eigenvalue weighted by atomic mass is 35.5. The predicted octanol–water partition coefficient (Wildman–Crippen LogP) is 5.71. The summed E-state index contributed by atoms with van der Waals surface area (Å²) in [7, 11) is -0.931. The van der Waals surface area contributed by atoms with Crippen molar-refractivity contribution in [3.8, 4) is 11.5 Å². The molecule has 0 N–H and O–H groups in total. The lowest BCUT2D eigenvalue weighted by Crippen LogP contribution is -2.50. The molecule has 0 aliphatic carbocycles. The summed E-state index contributed by atoms with van der Waals surface area (Å²) in [4.78, 5) is 19.3. The maximum atomic E-state index is 15.8. The number of carbonyl (C=O) groups is 1. The van der Waals surface area contributed by atoms with Crippen LogP contribution < -0.4 is 13.8 Å². The van der Waals surface area contributed by atoms with Crippen LogP contribution in [0.25, 0.3) is 0 Å². The molecule has 1 unspecified atom stereocenters. The van der Waals surface area contributed by atoms with Crippen molar-refractivity contribution in [2.75, 3.05) is 44.6 Å². The average Bonchev–Trinajstić information content (AvgIpc) is 3.22. The lowest BCUT2D eigenvalue weighted by Gasteiger charge is -2.38. The van der Waals surface area contributed by atoms with Crippen LogP contribution in [0.1, 0.15) is 44.7 Å². The molecular weight excluding hydrogens is 605 g/mol. The fourth-order valence-electron chi connectivity index (χ4n) is 6.25. The van der Waals surface area contributed by atoms with Gasteiger partial charge in [0.2, 0.25) is 0 Å². The second-order valence-electron chi connectivity index (χ2n) is 11.8. The topological polar surface area (TPSA) is 79.4 Å². The van der Waals surface area contributed by atoms with Gasteiger partial charge >= 0.3 is 0 Å². The van der Waals surface area contributed by atoms with E-state index in [0.29, 0.717) is 30.3 Å². The Bertz CT molecular complexity index is 1630. The zero-order valence-electron chi connectivity index (χ0n) is 25.7. The van der Waals surface area contributed by atoms with Gasteiger partial charge in [-0.1, -0.05) is 29.8 Å². The molecule has 2 heterocycles. The number of nitrogens with zero attached hydrogens (tertiary/aromatic N) is 3. The van der Waals surface area contributed by atoms with Crippen molar-refractivity contribution in [3.05, 3.63) is 82.6 Å². The van der Waals surface area contributed by atoms with Crippen LogP contribution >= 0.6 is 11.6 Å². The van der Waals surface area contributed by atoms with Crippen LogP contribution in [0.5, 0.6) is 11.5 Å². The zero-order valence-corrected chi connectivity index (χ0v) is 27.3. The van der Waals surface area contributed by atoms with Crippen LogP contribution in [-0.4, -0.2) is 76.6 Å². The molecule has 2 aliphatic rings. The number of anilines is 1. The Labute approximate surface area is 264 Å². The van der Waals surface area contributed by atoms with Gasteiger partial charge in [0, 0.05) is 37.3 Å². The first-order valence-electron chi connectivity index (χ1n) is 14.8. The summed E-state index contributed by atoms with van der Waals surface area (Å²) in [6, 6.07) is 15.4. The Morgan fingerprint density at radius 2 is 1.77 bits per heavy atom. The molecule has 2 aliphatic heterocycles. The van der Waals surface area contributed by atoms with Crippen LogP contribution in [0.4, 0.5) is 10.1 Å². The highest BCUT2D eigenvalue weighted by molar-refractivity contribution is 7.93. The Balaban J connectivity index is 1.62. The van der Waals surface area contributed by atoms with Gasteiger partial charge in [-0.25, -0.2) is 17.1 Å². The molecule has 0 bridgehead atoms. The molecule has 3 aromatic rings. The summed E-state index contributed by atoms with van der Waals surface area (Å²) in [6.07, 6.45) is 0.600. The van der Waals surface area contributed by atoms with Gasteiger partial charge in [0.1, 0.15) is 22.7 Å². The van der Waals surface area contributed by atoms with Crippen molar-refractivity contribution in [1.82, 2.24) is 9.80 Å². The fraction of sp³-hybridized carbons (Fsp3) is 0.424. The molecule has 3 aromatic carbocycles. The fourth-order valence-corrected chi connectivity index (χ4v) is 7.97. The van der Waals surface area contributed by atoms with E-state index in [1.807, 2.05) is 13.8 Å². The third-order valence-electron chi connectivity index (χ3n) is 8.64. The molecular formula is C33H39ClFN3O5S. The maximum Gasteiger partial charge on any atom is 0.270 e. The Kier molecular flexibility index (Phi) is 9.28. The SMILES string of the molecule is COc1cc2c(cc1Cl)C(CCCN1CCN(C)[C@@H](C)C1)(c1ccccc1F)C(=O)N2S(=O)(=O)c1ccc(OC(C)C)cc1. The molecule has 11 heteroatoms. The number of methoxy groups -OCH3 is 1. The van der Waals surface area contributed by atoms with Crippen LogP contribution in [-0.2, 0) is 20.2 Å². The summed E-state index contributed by atoms with van der Waals surface area (Å²) in [6.45, 7) is 9.25. The number of sulfonamides is 1. The second kappa shape index (κ2) is 12.7. The standard InChI is InChI=1S/C33H39ClFN3O5S/c1-22(2)43-24-11-13-25(14-12-24)44(40,41)38-30-20-31(42-5)28(34)19-27(30)33(32(38)39,26-9-6-7-10-29(26)35)15-8-16-37-18-17-36(4)23(3)21-37/h6-7,9-14,19-20,22-23H,8,15-18,21H2,1-5H3/t23-,33?/m0/s1. The van der Waals surface area contributed by atoms with E-state index in [0.717, 1.165) is 23.9 Å². The van der Waals surface area contributed by atoms with Crippen molar-refractivity contribution in [2.45, 2.75) is 56.1 Å². The summed E-state index contributed by atoms with van der Waals surface area (Å²) in [5, 5.41) is 0.196. The van der Waals surface area contributed by atoms with Gasteiger partial charge in [0.25, 0.3) is 15.9 Å².